The maximum Gasteiger partial charge on any atom is 0.226 e. The number of hydrogen-bond acceptors (Lipinski definition) is 5. The summed E-state index contributed by atoms with van der Waals surface area (Å²) in [4.78, 5) is 17.6. The molecule has 0 fully saturated rings. The molecule has 1 aliphatic heterocycles. The number of nitrogens with one attached hydrogen (secondary N) is 1. The van der Waals surface area contributed by atoms with Crippen LogP contribution in [0.15, 0.2) is 72.2 Å². The summed E-state index contributed by atoms with van der Waals surface area (Å²) in [6, 6.07) is 17.8. The second kappa shape index (κ2) is 6.64. The zero-order valence-corrected chi connectivity index (χ0v) is 15.5. The highest BCUT2D eigenvalue weighted by atomic mass is 16.5. The van der Waals surface area contributed by atoms with E-state index in [2.05, 4.69) is 15.4 Å². The topological polar surface area (TPSA) is 69.0 Å². The number of nitrogens with zero attached hydrogens (tertiary/aromatic N) is 3. The zero-order valence-electron chi connectivity index (χ0n) is 15.5. The lowest BCUT2D eigenvalue weighted by atomic mass is 9.78. The average Bonchev–Trinajstić information content (AvgIpc) is 3.21. The molecule has 0 amide bonds. The van der Waals surface area contributed by atoms with Crippen LogP contribution in [0, 0.1) is 0 Å². The number of allylic oxidation sites excluding steroid dienone is 2. The van der Waals surface area contributed by atoms with Crippen molar-refractivity contribution in [3.8, 4) is 5.75 Å². The Balaban J connectivity index is 1.55. The SMILES string of the molecule is COc1ccc([C@@H]2CC(=O)C3=C(C2)Nc2ncnn2[C@@H]3c2ccccc2)cc1. The first kappa shape index (κ1) is 16.7. The van der Waals surface area contributed by atoms with Gasteiger partial charge in [-0.1, -0.05) is 42.5 Å². The first-order valence-electron chi connectivity index (χ1n) is 9.36. The Morgan fingerprint density at radius 2 is 1.82 bits per heavy atom. The van der Waals surface area contributed by atoms with Gasteiger partial charge in [-0.15, -0.1) is 0 Å². The molecule has 0 saturated heterocycles. The lowest BCUT2D eigenvalue weighted by molar-refractivity contribution is -0.116. The normalized spacial score (nSPS) is 21.0. The fourth-order valence-electron chi connectivity index (χ4n) is 4.21. The van der Waals surface area contributed by atoms with Crippen LogP contribution in [0.25, 0.3) is 0 Å². The van der Waals surface area contributed by atoms with Crippen LogP contribution in [0.4, 0.5) is 5.95 Å². The summed E-state index contributed by atoms with van der Waals surface area (Å²) in [6.45, 7) is 0. The number of carbonyl (C=O) groups excluding carboxylic acids is 1. The van der Waals surface area contributed by atoms with Gasteiger partial charge < -0.3 is 10.1 Å². The van der Waals surface area contributed by atoms with Gasteiger partial charge in [0.1, 0.15) is 18.1 Å². The number of Topliss-reactive ketones (excluding diaryl/α,β-unsaturated/α-hetero) is 1. The molecule has 140 valence electrons. The maximum atomic E-state index is 13.3. The number of ketones is 1. The number of benzene rings is 2. The van der Waals surface area contributed by atoms with Crippen molar-refractivity contribution in [2.45, 2.75) is 24.8 Å². The van der Waals surface area contributed by atoms with Crippen LogP contribution in [0.5, 0.6) is 5.75 Å². The third kappa shape index (κ3) is 2.69. The summed E-state index contributed by atoms with van der Waals surface area (Å²) in [5, 5.41) is 7.73. The van der Waals surface area contributed by atoms with E-state index >= 15 is 0 Å². The smallest absolute Gasteiger partial charge is 0.226 e. The number of rotatable bonds is 3. The van der Waals surface area contributed by atoms with Gasteiger partial charge in [0.15, 0.2) is 5.78 Å². The Kier molecular flexibility index (Phi) is 3.97. The highest BCUT2D eigenvalue weighted by molar-refractivity contribution is 6.00. The number of aromatic nitrogens is 3. The van der Waals surface area contributed by atoms with E-state index in [1.165, 1.54) is 6.33 Å². The largest absolute Gasteiger partial charge is 0.497 e. The van der Waals surface area contributed by atoms with E-state index in [0.717, 1.165) is 34.6 Å². The number of hydrogen-bond donors (Lipinski definition) is 1. The highest BCUT2D eigenvalue weighted by Gasteiger charge is 2.39. The quantitative estimate of drug-likeness (QED) is 0.759. The summed E-state index contributed by atoms with van der Waals surface area (Å²) in [5.74, 6) is 1.79. The number of fused-ring (bicyclic) bond motifs is 1. The first-order valence-corrected chi connectivity index (χ1v) is 9.36. The molecule has 1 N–H and O–H groups in total. The Hall–Kier alpha value is -3.41. The fraction of sp³-hybridized carbons (Fsp3) is 0.227. The van der Waals surface area contributed by atoms with Crippen molar-refractivity contribution >= 4 is 11.7 Å². The summed E-state index contributed by atoms with van der Waals surface area (Å²) >= 11 is 0. The number of methoxy groups -OCH3 is 1. The average molecular weight is 372 g/mol. The molecule has 1 aliphatic carbocycles. The van der Waals surface area contributed by atoms with Gasteiger partial charge in [-0.05, 0) is 35.6 Å². The highest BCUT2D eigenvalue weighted by Crippen LogP contribution is 2.43. The van der Waals surface area contributed by atoms with E-state index in [4.69, 9.17) is 4.74 Å². The van der Waals surface area contributed by atoms with Gasteiger partial charge in [-0.2, -0.15) is 10.1 Å². The number of anilines is 1. The summed E-state index contributed by atoms with van der Waals surface area (Å²) in [6.07, 6.45) is 2.78. The molecular formula is C22H20N4O2. The lowest BCUT2D eigenvalue weighted by Gasteiger charge is -2.35. The van der Waals surface area contributed by atoms with Crippen LogP contribution in [0.1, 0.15) is 35.9 Å². The Morgan fingerprint density at radius 3 is 2.57 bits per heavy atom. The third-order valence-electron chi connectivity index (χ3n) is 5.56. The Labute approximate surface area is 162 Å². The fourth-order valence-corrected chi connectivity index (χ4v) is 4.21. The minimum absolute atomic E-state index is 0.135. The molecule has 6 nitrogen and oxygen atoms in total. The predicted octanol–water partition coefficient (Wildman–Crippen LogP) is 3.70. The maximum absolute atomic E-state index is 13.3. The molecule has 3 aromatic rings. The van der Waals surface area contributed by atoms with E-state index in [0.29, 0.717) is 12.4 Å². The third-order valence-corrected chi connectivity index (χ3v) is 5.56. The van der Waals surface area contributed by atoms with Crippen LogP contribution < -0.4 is 10.1 Å². The van der Waals surface area contributed by atoms with E-state index < -0.39 is 0 Å². The molecule has 5 rings (SSSR count). The van der Waals surface area contributed by atoms with E-state index in [9.17, 15) is 4.79 Å². The minimum atomic E-state index is -0.237. The predicted molar refractivity (Wildman–Crippen MR) is 105 cm³/mol. The molecule has 6 heteroatoms. The van der Waals surface area contributed by atoms with Crippen LogP contribution in [0.3, 0.4) is 0 Å². The molecule has 0 radical (unpaired) electrons. The number of carbonyl (C=O) groups is 1. The summed E-state index contributed by atoms with van der Waals surface area (Å²) < 4.78 is 7.06. The molecule has 28 heavy (non-hydrogen) atoms. The van der Waals surface area contributed by atoms with Gasteiger partial charge >= 0.3 is 0 Å². The molecule has 2 atom stereocenters. The van der Waals surface area contributed by atoms with Crippen LogP contribution in [0.2, 0.25) is 0 Å². The van der Waals surface area contributed by atoms with Gasteiger partial charge in [0.25, 0.3) is 0 Å². The summed E-state index contributed by atoms with van der Waals surface area (Å²) in [7, 11) is 1.65. The molecule has 0 bridgehead atoms. The minimum Gasteiger partial charge on any atom is -0.497 e. The van der Waals surface area contributed by atoms with Crippen LogP contribution in [-0.2, 0) is 4.79 Å². The van der Waals surface area contributed by atoms with E-state index in [1.807, 2.05) is 54.6 Å². The Bertz CT molecular complexity index is 1050. The van der Waals surface area contributed by atoms with Gasteiger partial charge in [0.05, 0.1) is 7.11 Å². The van der Waals surface area contributed by atoms with Crippen molar-refractivity contribution in [1.29, 1.82) is 0 Å². The lowest BCUT2D eigenvalue weighted by Crippen LogP contribution is -2.33. The van der Waals surface area contributed by atoms with Crippen molar-refractivity contribution < 1.29 is 9.53 Å². The molecule has 0 saturated carbocycles. The van der Waals surface area contributed by atoms with Crippen molar-refractivity contribution in [3.05, 3.63) is 83.3 Å². The van der Waals surface area contributed by atoms with Crippen LogP contribution >= 0.6 is 0 Å². The van der Waals surface area contributed by atoms with Gasteiger partial charge in [0, 0.05) is 17.7 Å². The van der Waals surface area contributed by atoms with Gasteiger partial charge in [0.2, 0.25) is 5.95 Å². The van der Waals surface area contributed by atoms with Gasteiger partial charge in [-0.3, -0.25) is 4.79 Å². The first-order chi connectivity index (χ1) is 13.7. The molecule has 2 aromatic carbocycles. The second-order valence-corrected chi connectivity index (χ2v) is 7.16. The van der Waals surface area contributed by atoms with Crippen molar-refractivity contribution in [2.24, 2.45) is 0 Å². The monoisotopic (exact) mass is 372 g/mol. The molecular weight excluding hydrogens is 352 g/mol. The standard InChI is InChI=1S/C22H20N4O2/c1-28-17-9-7-14(8-10-17)16-11-18-20(19(27)12-16)21(15-5-3-2-4-6-15)26-22(25-18)23-13-24-26/h2-10,13,16,21H,11-12H2,1H3,(H,23,24,25)/t16-,21+/m0/s1. The Morgan fingerprint density at radius 1 is 1.04 bits per heavy atom. The van der Waals surface area contributed by atoms with Crippen molar-refractivity contribution in [1.82, 2.24) is 14.8 Å². The molecule has 0 unspecified atom stereocenters. The number of ether oxygens (including phenoxy) is 1. The van der Waals surface area contributed by atoms with Crippen molar-refractivity contribution in [2.75, 3.05) is 12.4 Å². The van der Waals surface area contributed by atoms with Gasteiger partial charge in [-0.25, -0.2) is 4.68 Å². The molecule has 2 heterocycles. The molecule has 0 spiro atoms. The molecule has 1 aromatic heterocycles. The van der Waals surface area contributed by atoms with E-state index in [-0.39, 0.29) is 17.7 Å². The van der Waals surface area contributed by atoms with E-state index in [1.54, 1.807) is 11.8 Å². The molecule has 2 aliphatic rings. The summed E-state index contributed by atoms with van der Waals surface area (Å²) in [5.41, 5.74) is 3.94. The van der Waals surface area contributed by atoms with Crippen LogP contribution in [-0.4, -0.2) is 27.7 Å². The zero-order chi connectivity index (χ0) is 19.1. The second-order valence-electron chi connectivity index (χ2n) is 7.16. The van der Waals surface area contributed by atoms with Crippen molar-refractivity contribution in [3.63, 3.8) is 0 Å².